The molecule has 5 nitrogen and oxygen atoms in total. The van der Waals surface area contributed by atoms with Gasteiger partial charge in [0.05, 0.1) is 11.9 Å². The molecule has 1 aromatic heterocycles. The van der Waals surface area contributed by atoms with Crippen molar-refractivity contribution in [2.45, 2.75) is 38.1 Å². The molecule has 1 atom stereocenters. The van der Waals surface area contributed by atoms with Crippen molar-refractivity contribution in [3.05, 3.63) is 24.5 Å². The first-order chi connectivity index (χ1) is 9.75. The third-order valence-corrected chi connectivity index (χ3v) is 4.19. The van der Waals surface area contributed by atoms with Gasteiger partial charge in [-0.15, -0.1) is 0 Å². The van der Waals surface area contributed by atoms with Crippen LogP contribution in [0.2, 0.25) is 0 Å². The van der Waals surface area contributed by atoms with E-state index < -0.39 is 0 Å². The van der Waals surface area contributed by atoms with Gasteiger partial charge >= 0.3 is 0 Å². The largest absolute Gasteiger partial charge is 0.344 e. The molecular weight excluding hydrogens is 254 g/mol. The van der Waals surface area contributed by atoms with Gasteiger partial charge in [0.25, 0.3) is 0 Å². The van der Waals surface area contributed by atoms with Gasteiger partial charge in [-0.25, -0.2) is 0 Å². The smallest absolute Gasteiger partial charge is 0.249 e. The van der Waals surface area contributed by atoms with Gasteiger partial charge in [-0.3, -0.25) is 14.6 Å². The molecule has 0 unspecified atom stereocenters. The monoisotopic (exact) mass is 273 g/mol. The van der Waals surface area contributed by atoms with E-state index in [1.54, 1.807) is 17.3 Å². The number of anilines is 1. The molecular formula is C15H19N3O2. The van der Waals surface area contributed by atoms with Crippen LogP contribution in [0.15, 0.2) is 24.5 Å². The lowest BCUT2D eigenvalue weighted by atomic mass is 9.84. The van der Waals surface area contributed by atoms with E-state index in [9.17, 15) is 9.59 Å². The van der Waals surface area contributed by atoms with E-state index in [-0.39, 0.29) is 23.8 Å². The Hall–Kier alpha value is -1.91. The summed E-state index contributed by atoms with van der Waals surface area (Å²) in [6.45, 7) is 0.695. The zero-order valence-corrected chi connectivity index (χ0v) is 11.4. The summed E-state index contributed by atoms with van der Waals surface area (Å²) in [7, 11) is 0. The molecule has 3 rings (SSSR count). The Balaban J connectivity index is 1.67. The number of aromatic nitrogens is 1. The number of nitrogens with one attached hydrogen (secondary N) is 1. The highest BCUT2D eigenvalue weighted by atomic mass is 16.2. The summed E-state index contributed by atoms with van der Waals surface area (Å²) >= 11 is 0. The Morgan fingerprint density at radius 2 is 2.15 bits per heavy atom. The lowest BCUT2D eigenvalue weighted by molar-refractivity contribution is -0.132. The number of nitrogens with zero attached hydrogens (tertiary/aromatic N) is 2. The van der Waals surface area contributed by atoms with Crippen LogP contribution in [0.5, 0.6) is 0 Å². The molecule has 2 heterocycles. The number of hydrogen-bond donors (Lipinski definition) is 1. The maximum absolute atomic E-state index is 12.5. The third kappa shape index (κ3) is 2.53. The van der Waals surface area contributed by atoms with E-state index in [4.69, 9.17) is 0 Å². The van der Waals surface area contributed by atoms with Gasteiger partial charge in [0.1, 0.15) is 6.04 Å². The fraction of sp³-hybridized carbons (Fsp3) is 0.533. The number of carbonyl (C=O) groups is 2. The zero-order valence-electron chi connectivity index (χ0n) is 11.4. The molecule has 1 saturated heterocycles. The molecule has 1 aliphatic heterocycles. The summed E-state index contributed by atoms with van der Waals surface area (Å²) in [4.78, 5) is 30.2. The lowest BCUT2D eigenvalue weighted by Gasteiger charge is -2.34. The van der Waals surface area contributed by atoms with Crippen LogP contribution in [-0.2, 0) is 9.59 Å². The zero-order chi connectivity index (χ0) is 13.9. The van der Waals surface area contributed by atoms with E-state index >= 15 is 0 Å². The standard InChI is InChI=1S/C15H19N3O2/c19-14(11-4-1-5-11)17-13-7-3-9-18(15(13)20)12-6-2-8-16-10-12/h2,6,8,10-11,13H,1,3-5,7,9H2,(H,17,19)/t13-/m0/s1. The fourth-order valence-electron chi connectivity index (χ4n) is 2.74. The minimum atomic E-state index is -0.378. The summed E-state index contributed by atoms with van der Waals surface area (Å²) in [5.74, 6) is 0.149. The van der Waals surface area contributed by atoms with Gasteiger partial charge in [0.2, 0.25) is 11.8 Å². The Morgan fingerprint density at radius 3 is 2.80 bits per heavy atom. The van der Waals surface area contributed by atoms with Crippen molar-refractivity contribution in [2.75, 3.05) is 11.4 Å². The highest BCUT2D eigenvalue weighted by Crippen LogP contribution is 2.27. The number of piperidine rings is 1. The predicted molar refractivity (Wildman–Crippen MR) is 75.1 cm³/mol. The molecule has 0 bridgehead atoms. The van der Waals surface area contributed by atoms with Crippen LogP contribution in [0.1, 0.15) is 32.1 Å². The molecule has 20 heavy (non-hydrogen) atoms. The van der Waals surface area contributed by atoms with E-state index in [1.807, 2.05) is 12.1 Å². The molecule has 1 saturated carbocycles. The molecule has 1 aromatic rings. The summed E-state index contributed by atoms with van der Waals surface area (Å²) in [6, 6.07) is 3.32. The van der Waals surface area contributed by atoms with Gasteiger partial charge < -0.3 is 10.2 Å². The molecule has 1 aliphatic carbocycles. The van der Waals surface area contributed by atoms with Gasteiger partial charge in [-0.1, -0.05) is 6.42 Å². The van der Waals surface area contributed by atoms with Crippen molar-refractivity contribution < 1.29 is 9.59 Å². The minimum Gasteiger partial charge on any atom is -0.344 e. The summed E-state index contributed by atoms with van der Waals surface area (Å²) < 4.78 is 0. The number of carbonyl (C=O) groups excluding carboxylic acids is 2. The van der Waals surface area contributed by atoms with E-state index in [0.29, 0.717) is 6.54 Å². The molecule has 1 N–H and O–H groups in total. The minimum absolute atomic E-state index is 0.0167. The van der Waals surface area contributed by atoms with Crippen molar-refractivity contribution in [1.82, 2.24) is 10.3 Å². The van der Waals surface area contributed by atoms with Crippen LogP contribution in [0.3, 0.4) is 0 Å². The Bertz CT molecular complexity index is 499. The van der Waals surface area contributed by atoms with Gasteiger partial charge in [0.15, 0.2) is 0 Å². The van der Waals surface area contributed by atoms with E-state index in [2.05, 4.69) is 10.3 Å². The Morgan fingerprint density at radius 1 is 1.30 bits per heavy atom. The van der Waals surface area contributed by atoms with Crippen molar-refractivity contribution in [3.8, 4) is 0 Å². The van der Waals surface area contributed by atoms with Crippen LogP contribution in [0.4, 0.5) is 5.69 Å². The van der Waals surface area contributed by atoms with Gasteiger partial charge in [0, 0.05) is 18.7 Å². The second kappa shape index (κ2) is 5.61. The molecule has 106 valence electrons. The quantitative estimate of drug-likeness (QED) is 0.907. The predicted octanol–water partition coefficient (Wildman–Crippen LogP) is 1.49. The van der Waals surface area contributed by atoms with Crippen LogP contribution in [-0.4, -0.2) is 29.4 Å². The first kappa shape index (κ1) is 13.1. The summed E-state index contributed by atoms with van der Waals surface area (Å²) in [6.07, 6.45) is 8.04. The number of amides is 2. The molecule has 2 aliphatic rings. The molecule has 2 amide bonds. The first-order valence-corrected chi connectivity index (χ1v) is 7.27. The van der Waals surface area contributed by atoms with Gasteiger partial charge in [-0.05, 0) is 37.8 Å². The average Bonchev–Trinajstić information content (AvgIpc) is 2.40. The van der Waals surface area contributed by atoms with Crippen LogP contribution >= 0.6 is 0 Å². The summed E-state index contributed by atoms with van der Waals surface area (Å²) in [5.41, 5.74) is 0.806. The molecule has 5 heteroatoms. The van der Waals surface area contributed by atoms with Crippen LogP contribution in [0.25, 0.3) is 0 Å². The maximum Gasteiger partial charge on any atom is 0.249 e. The number of hydrogen-bond acceptors (Lipinski definition) is 3. The fourth-order valence-corrected chi connectivity index (χ4v) is 2.74. The molecule has 2 fully saturated rings. The highest BCUT2D eigenvalue weighted by Gasteiger charge is 2.33. The van der Waals surface area contributed by atoms with Crippen LogP contribution < -0.4 is 10.2 Å². The molecule has 0 spiro atoms. The second-order valence-electron chi connectivity index (χ2n) is 5.53. The van der Waals surface area contributed by atoms with E-state index in [1.165, 1.54) is 0 Å². The van der Waals surface area contributed by atoms with Crippen molar-refractivity contribution in [3.63, 3.8) is 0 Å². The van der Waals surface area contributed by atoms with Crippen molar-refractivity contribution in [1.29, 1.82) is 0 Å². The number of rotatable bonds is 3. The van der Waals surface area contributed by atoms with Crippen molar-refractivity contribution >= 4 is 17.5 Å². The second-order valence-corrected chi connectivity index (χ2v) is 5.53. The Labute approximate surface area is 118 Å². The summed E-state index contributed by atoms with van der Waals surface area (Å²) in [5, 5.41) is 2.92. The first-order valence-electron chi connectivity index (χ1n) is 7.27. The topological polar surface area (TPSA) is 62.3 Å². The molecule has 0 radical (unpaired) electrons. The molecule has 0 aromatic carbocycles. The normalized spacial score (nSPS) is 23.3. The van der Waals surface area contributed by atoms with Crippen molar-refractivity contribution in [2.24, 2.45) is 5.92 Å². The maximum atomic E-state index is 12.5. The lowest BCUT2D eigenvalue weighted by Crippen LogP contribution is -2.54. The van der Waals surface area contributed by atoms with Crippen LogP contribution in [0, 0.1) is 5.92 Å². The number of pyridine rings is 1. The SMILES string of the molecule is O=C(N[C@H]1CCCN(c2cccnc2)C1=O)C1CCC1. The van der Waals surface area contributed by atoms with Gasteiger partial charge in [-0.2, -0.15) is 0 Å². The Kier molecular flexibility index (Phi) is 3.67. The average molecular weight is 273 g/mol. The van der Waals surface area contributed by atoms with E-state index in [0.717, 1.165) is 37.8 Å². The third-order valence-electron chi connectivity index (χ3n) is 4.19. The highest BCUT2D eigenvalue weighted by molar-refractivity contribution is 6.00.